The molecule has 1 rings (SSSR count). The van der Waals surface area contributed by atoms with Crippen LogP contribution in [0, 0.1) is 5.41 Å². The summed E-state index contributed by atoms with van der Waals surface area (Å²) in [6.07, 6.45) is 0. The molecule has 100 valence electrons. The van der Waals surface area contributed by atoms with Crippen LogP contribution in [0.15, 0.2) is 18.2 Å². The summed E-state index contributed by atoms with van der Waals surface area (Å²) in [6, 6.07) is 4.81. The fraction of sp³-hybridized carbons (Fsp3) is 0.462. The number of rotatable bonds is 4. The van der Waals surface area contributed by atoms with Crippen molar-refractivity contribution in [3.63, 3.8) is 0 Å². The second kappa shape index (κ2) is 6.30. The lowest BCUT2D eigenvalue weighted by molar-refractivity contribution is -0.148. The lowest BCUT2D eigenvalue weighted by Crippen LogP contribution is -2.22. The van der Waals surface area contributed by atoms with E-state index in [2.05, 4.69) is 0 Å². The van der Waals surface area contributed by atoms with Gasteiger partial charge < -0.3 is 9.47 Å². The van der Waals surface area contributed by atoms with Crippen LogP contribution in [-0.2, 0) is 9.53 Å². The molecule has 0 amide bonds. The van der Waals surface area contributed by atoms with Crippen molar-refractivity contribution < 1.29 is 14.3 Å². The van der Waals surface area contributed by atoms with Crippen molar-refractivity contribution in [2.24, 2.45) is 5.41 Å². The standard InChI is InChI=1S/C13H16Cl2O3/c1-13(2,3)8-18-12(16)7-17-9-4-5-10(14)11(15)6-9/h4-6H,7-8H2,1-3H3. The lowest BCUT2D eigenvalue weighted by Gasteiger charge is -2.17. The minimum absolute atomic E-state index is 0.0563. The average molecular weight is 291 g/mol. The molecule has 0 heterocycles. The van der Waals surface area contributed by atoms with Crippen LogP contribution in [0.25, 0.3) is 0 Å². The fourth-order valence-corrected chi connectivity index (χ4v) is 1.34. The maximum atomic E-state index is 11.4. The Bertz CT molecular complexity index is 425. The Morgan fingerprint density at radius 1 is 1.22 bits per heavy atom. The van der Waals surface area contributed by atoms with Gasteiger partial charge in [0, 0.05) is 6.07 Å². The molecule has 1 aromatic rings. The molecule has 0 atom stereocenters. The number of hydrogen-bond acceptors (Lipinski definition) is 3. The molecule has 18 heavy (non-hydrogen) atoms. The molecular formula is C13H16Cl2O3. The van der Waals surface area contributed by atoms with Crippen molar-refractivity contribution in [3.05, 3.63) is 28.2 Å². The Kier molecular flexibility index (Phi) is 5.29. The van der Waals surface area contributed by atoms with Gasteiger partial charge in [0.15, 0.2) is 6.61 Å². The highest BCUT2D eigenvalue weighted by molar-refractivity contribution is 6.42. The molecule has 0 radical (unpaired) electrons. The second-order valence-corrected chi connectivity index (χ2v) is 5.90. The highest BCUT2D eigenvalue weighted by Crippen LogP contribution is 2.26. The maximum absolute atomic E-state index is 11.4. The summed E-state index contributed by atoms with van der Waals surface area (Å²) in [7, 11) is 0. The Morgan fingerprint density at radius 2 is 1.89 bits per heavy atom. The zero-order chi connectivity index (χ0) is 13.8. The van der Waals surface area contributed by atoms with Crippen molar-refractivity contribution in [1.82, 2.24) is 0 Å². The van der Waals surface area contributed by atoms with Gasteiger partial charge in [0.2, 0.25) is 0 Å². The molecule has 5 heteroatoms. The first-order chi connectivity index (χ1) is 8.28. The number of carbonyl (C=O) groups is 1. The lowest BCUT2D eigenvalue weighted by atomic mass is 9.99. The van der Waals surface area contributed by atoms with Crippen molar-refractivity contribution in [3.8, 4) is 5.75 Å². The number of halogens is 2. The van der Waals surface area contributed by atoms with Crippen molar-refractivity contribution in [2.75, 3.05) is 13.2 Å². The van der Waals surface area contributed by atoms with Crippen LogP contribution < -0.4 is 4.74 Å². The highest BCUT2D eigenvalue weighted by atomic mass is 35.5. The number of ether oxygens (including phenoxy) is 2. The fourth-order valence-electron chi connectivity index (χ4n) is 1.05. The van der Waals surface area contributed by atoms with Crippen molar-refractivity contribution >= 4 is 29.2 Å². The molecule has 0 spiro atoms. The first kappa shape index (κ1) is 15.1. The zero-order valence-electron chi connectivity index (χ0n) is 10.6. The van der Waals surface area contributed by atoms with Gasteiger partial charge in [-0.2, -0.15) is 0 Å². The number of esters is 1. The van der Waals surface area contributed by atoms with Gasteiger partial charge in [-0.15, -0.1) is 0 Å². The molecule has 0 N–H and O–H groups in total. The topological polar surface area (TPSA) is 35.5 Å². The first-order valence-electron chi connectivity index (χ1n) is 5.51. The first-order valence-corrected chi connectivity index (χ1v) is 6.27. The molecule has 0 aliphatic heterocycles. The van der Waals surface area contributed by atoms with Crippen LogP contribution in [-0.4, -0.2) is 19.2 Å². The van der Waals surface area contributed by atoms with E-state index in [9.17, 15) is 4.79 Å². The largest absolute Gasteiger partial charge is 0.482 e. The maximum Gasteiger partial charge on any atom is 0.344 e. The van der Waals surface area contributed by atoms with Gasteiger partial charge in [-0.05, 0) is 17.5 Å². The quantitative estimate of drug-likeness (QED) is 0.788. The Balaban J connectivity index is 2.40. The van der Waals surface area contributed by atoms with Crippen molar-refractivity contribution in [2.45, 2.75) is 20.8 Å². The van der Waals surface area contributed by atoms with Gasteiger partial charge >= 0.3 is 5.97 Å². The third-order valence-corrected chi connectivity index (χ3v) is 2.65. The van der Waals surface area contributed by atoms with E-state index in [1.165, 1.54) is 0 Å². The summed E-state index contributed by atoms with van der Waals surface area (Å²) < 4.78 is 10.3. The second-order valence-electron chi connectivity index (χ2n) is 5.09. The summed E-state index contributed by atoms with van der Waals surface area (Å²) in [4.78, 5) is 11.4. The Morgan fingerprint density at radius 3 is 2.44 bits per heavy atom. The van der Waals surface area contributed by atoms with E-state index < -0.39 is 5.97 Å². The van der Waals surface area contributed by atoms with Crippen LogP contribution in [0.4, 0.5) is 0 Å². The minimum atomic E-state index is -0.406. The summed E-state index contributed by atoms with van der Waals surface area (Å²) in [5.74, 6) is 0.0770. The van der Waals surface area contributed by atoms with Gasteiger partial charge in [-0.3, -0.25) is 0 Å². The monoisotopic (exact) mass is 290 g/mol. The molecule has 0 fully saturated rings. The number of carbonyl (C=O) groups excluding carboxylic acids is 1. The van der Waals surface area contributed by atoms with Crippen LogP contribution >= 0.6 is 23.2 Å². The number of benzene rings is 1. The van der Waals surface area contributed by atoms with Crippen LogP contribution in [0.2, 0.25) is 10.0 Å². The highest BCUT2D eigenvalue weighted by Gasteiger charge is 2.14. The molecule has 0 aromatic heterocycles. The third-order valence-electron chi connectivity index (χ3n) is 1.91. The van der Waals surface area contributed by atoms with E-state index in [0.29, 0.717) is 22.4 Å². The van der Waals surface area contributed by atoms with E-state index in [-0.39, 0.29) is 12.0 Å². The van der Waals surface area contributed by atoms with Crippen LogP contribution in [0.3, 0.4) is 0 Å². The number of hydrogen-bond donors (Lipinski definition) is 0. The van der Waals surface area contributed by atoms with E-state index in [0.717, 1.165) is 0 Å². The Hall–Kier alpha value is -0.930. The summed E-state index contributed by atoms with van der Waals surface area (Å²) >= 11 is 11.6. The van der Waals surface area contributed by atoms with Gasteiger partial charge in [0.1, 0.15) is 5.75 Å². The Labute approximate surface area is 117 Å². The molecule has 0 saturated heterocycles. The van der Waals surface area contributed by atoms with Gasteiger partial charge in [-0.1, -0.05) is 44.0 Å². The van der Waals surface area contributed by atoms with E-state index in [4.69, 9.17) is 32.7 Å². The molecule has 0 aliphatic rings. The zero-order valence-corrected chi connectivity index (χ0v) is 12.1. The van der Waals surface area contributed by atoms with Gasteiger partial charge in [0.05, 0.1) is 16.7 Å². The average Bonchev–Trinajstić information content (AvgIpc) is 2.27. The van der Waals surface area contributed by atoms with Crippen LogP contribution in [0.1, 0.15) is 20.8 Å². The summed E-state index contributed by atoms with van der Waals surface area (Å²) in [5.41, 5.74) is -0.0563. The molecule has 3 nitrogen and oxygen atoms in total. The van der Waals surface area contributed by atoms with Crippen LogP contribution in [0.5, 0.6) is 5.75 Å². The van der Waals surface area contributed by atoms with E-state index in [1.807, 2.05) is 20.8 Å². The van der Waals surface area contributed by atoms with E-state index in [1.54, 1.807) is 18.2 Å². The smallest absolute Gasteiger partial charge is 0.344 e. The molecule has 0 saturated carbocycles. The summed E-state index contributed by atoms with van der Waals surface area (Å²) in [5, 5.41) is 0.830. The van der Waals surface area contributed by atoms with E-state index >= 15 is 0 Å². The normalized spacial score (nSPS) is 11.2. The predicted octanol–water partition coefficient (Wildman–Crippen LogP) is 3.96. The van der Waals surface area contributed by atoms with Crippen molar-refractivity contribution in [1.29, 1.82) is 0 Å². The van der Waals surface area contributed by atoms with Gasteiger partial charge in [0.25, 0.3) is 0 Å². The minimum Gasteiger partial charge on any atom is -0.482 e. The molecule has 0 aliphatic carbocycles. The molecule has 0 bridgehead atoms. The predicted molar refractivity (Wildman–Crippen MR) is 72.4 cm³/mol. The molecule has 0 unspecified atom stereocenters. The third kappa shape index (κ3) is 5.61. The SMILES string of the molecule is CC(C)(C)COC(=O)COc1ccc(Cl)c(Cl)c1. The summed E-state index contributed by atoms with van der Waals surface area (Å²) in [6.45, 7) is 6.17. The molecule has 1 aromatic carbocycles. The molecular weight excluding hydrogens is 275 g/mol. The van der Waals surface area contributed by atoms with Gasteiger partial charge in [-0.25, -0.2) is 4.79 Å².